The van der Waals surface area contributed by atoms with Crippen molar-refractivity contribution in [1.82, 2.24) is 4.98 Å². The molecule has 3 aromatic carbocycles. The number of aliphatic hydroxyl groups is 1. The number of aromatic nitrogens is 1. The van der Waals surface area contributed by atoms with E-state index < -0.39 is 5.60 Å². The van der Waals surface area contributed by atoms with Crippen LogP contribution in [0, 0.1) is 0 Å². The fourth-order valence-corrected chi connectivity index (χ4v) is 3.82. The first-order valence-corrected chi connectivity index (χ1v) is 8.05. The Balaban J connectivity index is 1.85. The SMILES string of the molecule is OC1(c2ccc3ncccc3c2)c2ccccc2-c2ccccc21. The summed E-state index contributed by atoms with van der Waals surface area (Å²) in [5.41, 5.74) is 4.76. The van der Waals surface area contributed by atoms with Crippen LogP contribution in [0.25, 0.3) is 22.0 Å². The minimum Gasteiger partial charge on any atom is -0.376 e. The first-order valence-electron chi connectivity index (χ1n) is 8.05. The molecule has 1 aliphatic rings. The molecule has 0 unspecified atom stereocenters. The van der Waals surface area contributed by atoms with Crippen LogP contribution in [-0.4, -0.2) is 10.1 Å². The van der Waals surface area contributed by atoms with Gasteiger partial charge < -0.3 is 5.11 Å². The van der Waals surface area contributed by atoms with E-state index in [1.54, 1.807) is 6.20 Å². The number of rotatable bonds is 1. The highest BCUT2D eigenvalue weighted by Crippen LogP contribution is 2.50. The Morgan fingerprint density at radius 1 is 0.708 bits per heavy atom. The quantitative estimate of drug-likeness (QED) is 0.561. The van der Waals surface area contributed by atoms with Crippen molar-refractivity contribution in [2.75, 3.05) is 0 Å². The predicted octanol–water partition coefficient (Wildman–Crippen LogP) is 4.50. The second kappa shape index (κ2) is 4.76. The summed E-state index contributed by atoms with van der Waals surface area (Å²) in [6, 6.07) is 26.2. The molecule has 1 heterocycles. The van der Waals surface area contributed by atoms with Crippen LogP contribution in [0.1, 0.15) is 16.7 Å². The van der Waals surface area contributed by atoms with Crippen LogP contribution in [0.4, 0.5) is 0 Å². The first-order chi connectivity index (χ1) is 11.8. The number of fused-ring (bicyclic) bond motifs is 4. The smallest absolute Gasteiger partial charge is 0.141 e. The lowest BCUT2D eigenvalue weighted by Crippen LogP contribution is -2.26. The lowest BCUT2D eigenvalue weighted by molar-refractivity contribution is 0.131. The lowest BCUT2D eigenvalue weighted by atomic mass is 9.84. The molecule has 4 aromatic rings. The normalized spacial score (nSPS) is 14.4. The van der Waals surface area contributed by atoms with Crippen molar-refractivity contribution >= 4 is 10.9 Å². The number of nitrogens with zero attached hydrogens (tertiary/aromatic N) is 1. The molecule has 0 saturated carbocycles. The monoisotopic (exact) mass is 309 g/mol. The van der Waals surface area contributed by atoms with Gasteiger partial charge in [-0.1, -0.05) is 60.7 Å². The average Bonchev–Trinajstić information content (AvgIpc) is 2.92. The molecule has 0 radical (unpaired) electrons. The average molecular weight is 309 g/mol. The molecule has 0 aliphatic heterocycles. The molecule has 0 amide bonds. The van der Waals surface area contributed by atoms with Gasteiger partial charge in [0.1, 0.15) is 5.60 Å². The van der Waals surface area contributed by atoms with Gasteiger partial charge in [0, 0.05) is 22.7 Å². The van der Waals surface area contributed by atoms with Crippen LogP contribution in [0.3, 0.4) is 0 Å². The van der Waals surface area contributed by atoms with Crippen molar-refractivity contribution in [2.24, 2.45) is 0 Å². The van der Waals surface area contributed by atoms with Gasteiger partial charge >= 0.3 is 0 Å². The molecule has 1 aromatic heterocycles. The summed E-state index contributed by atoms with van der Waals surface area (Å²) in [4.78, 5) is 4.38. The van der Waals surface area contributed by atoms with E-state index in [1.807, 2.05) is 66.7 Å². The molecule has 0 bridgehead atoms. The van der Waals surface area contributed by atoms with E-state index in [9.17, 15) is 5.11 Å². The number of pyridine rings is 1. The molecule has 24 heavy (non-hydrogen) atoms. The molecule has 114 valence electrons. The van der Waals surface area contributed by atoms with E-state index in [0.29, 0.717) is 0 Å². The fraction of sp³-hybridized carbons (Fsp3) is 0.0455. The highest BCUT2D eigenvalue weighted by atomic mass is 16.3. The zero-order valence-electron chi connectivity index (χ0n) is 13.0. The lowest BCUT2D eigenvalue weighted by Gasteiger charge is -2.26. The van der Waals surface area contributed by atoms with Crippen LogP contribution in [0.5, 0.6) is 0 Å². The molecule has 0 saturated heterocycles. The largest absolute Gasteiger partial charge is 0.376 e. The third kappa shape index (κ3) is 1.66. The van der Waals surface area contributed by atoms with Crippen LogP contribution in [0.2, 0.25) is 0 Å². The molecule has 1 N–H and O–H groups in total. The van der Waals surface area contributed by atoms with Crippen LogP contribution >= 0.6 is 0 Å². The maximum atomic E-state index is 11.8. The van der Waals surface area contributed by atoms with E-state index in [0.717, 1.165) is 38.7 Å². The Morgan fingerprint density at radius 3 is 2.08 bits per heavy atom. The van der Waals surface area contributed by atoms with Gasteiger partial charge in [0.05, 0.1) is 5.52 Å². The van der Waals surface area contributed by atoms with Gasteiger partial charge in [0.25, 0.3) is 0 Å². The molecule has 5 rings (SSSR count). The van der Waals surface area contributed by atoms with Crippen LogP contribution < -0.4 is 0 Å². The summed E-state index contributed by atoms with van der Waals surface area (Å²) in [5.74, 6) is 0. The van der Waals surface area contributed by atoms with Crippen molar-refractivity contribution in [2.45, 2.75) is 5.60 Å². The van der Waals surface area contributed by atoms with Gasteiger partial charge in [-0.15, -0.1) is 0 Å². The summed E-state index contributed by atoms with van der Waals surface area (Å²) in [7, 11) is 0. The topological polar surface area (TPSA) is 33.1 Å². The highest BCUT2D eigenvalue weighted by Gasteiger charge is 2.42. The van der Waals surface area contributed by atoms with E-state index >= 15 is 0 Å². The predicted molar refractivity (Wildman–Crippen MR) is 95.7 cm³/mol. The maximum Gasteiger partial charge on any atom is 0.141 e. The molecule has 0 atom stereocenters. The Bertz CT molecular complexity index is 1040. The Morgan fingerprint density at radius 2 is 1.38 bits per heavy atom. The van der Waals surface area contributed by atoms with Gasteiger partial charge in [-0.3, -0.25) is 4.98 Å². The van der Waals surface area contributed by atoms with Crippen molar-refractivity contribution in [3.05, 3.63) is 102 Å². The van der Waals surface area contributed by atoms with Gasteiger partial charge in [-0.25, -0.2) is 0 Å². The van der Waals surface area contributed by atoms with Crippen molar-refractivity contribution < 1.29 is 5.11 Å². The zero-order chi connectivity index (χ0) is 16.1. The van der Waals surface area contributed by atoms with Crippen molar-refractivity contribution in [3.63, 3.8) is 0 Å². The van der Waals surface area contributed by atoms with Crippen molar-refractivity contribution in [1.29, 1.82) is 0 Å². The Hall–Kier alpha value is -2.97. The van der Waals surface area contributed by atoms with E-state index in [-0.39, 0.29) is 0 Å². The minimum absolute atomic E-state index is 0.875. The van der Waals surface area contributed by atoms with Gasteiger partial charge in [-0.2, -0.15) is 0 Å². The van der Waals surface area contributed by atoms with Crippen LogP contribution in [0.15, 0.2) is 85.1 Å². The summed E-state index contributed by atoms with van der Waals surface area (Å²) in [6.07, 6.45) is 1.79. The Kier molecular flexibility index (Phi) is 2.67. The maximum absolute atomic E-state index is 11.8. The number of hydrogen-bond acceptors (Lipinski definition) is 2. The summed E-state index contributed by atoms with van der Waals surface area (Å²) >= 11 is 0. The third-order valence-electron chi connectivity index (χ3n) is 4.94. The first kappa shape index (κ1) is 13.5. The molecule has 1 aliphatic carbocycles. The van der Waals surface area contributed by atoms with Crippen molar-refractivity contribution in [3.8, 4) is 11.1 Å². The van der Waals surface area contributed by atoms with E-state index in [4.69, 9.17) is 0 Å². The minimum atomic E-state index is -1.13. The second-order valence-corrected chi connectivity index (χ2v) is 6.21. The molecule has 0 spiro atoms. The van der Waals surface area contributed by atoms with Gasteiger partial charge in [0.2, 0.25) is 0 Å². The number of benzene rings is 3. The van der Waals surface area contributed by atoms with Gasteiger partial charge in [-0.05, 0) is 34.9 Å². The van der Waals surface area contributed by atoms with Crippen LogP contribution in [-0.2, 0) is 5.60 Å². The molecular weight excluding hydrogens is 294 g/mol. The zero-order valence-corrected chi connectivity index (χ0v) is 13.0. The standard InChI is InChI=1S/C22H15NO/c24-22(16-11-12-21-15(14-16)6-5-13-23-21)19-9-3-1-7-17(19)18-8-2-4-10-20(18)22/h1-14,24H. The second-order valence-electron chi connectivity index (χ2n) is 6.21. The summed E-state index contributed by atoms with van der Waals surface area (Å²) in [5, 5.41) is 12.8. The third-order valence-corrected chi connectivity index (χ3v) is 4.94. The van der Waals surface area contributed by atoms with Gasteiger partial charge in [0.15, 0.2) is 0 Å². The number of hydrogen-bond donors (Lipinski definition) is 1. The molecular formula is C22H15NO. The molecule has 2 heteroatoms. The Labute approximate surface area is 140 Å². The molecule has 2 nitrogen and oxygen atoms in total. The summed E-state index contributed by atoms with van der Waals surface area (Å²) < 4.78 is 0. The molecule has 0 fully saturated rings. The summed E-state index contributed by atoms with van der Waals surface area (Å²) in [6.45, 7) is 0. The van der Waals surface area contributed by atoms with E-state index in [1.165, 1.54) is 0 Å². The van der Waals surface area contributed by atoms with E-state index in [2.05, 4.69) is 17.1 Å². The fourth-order valence-electron chi connectivity index (χ4n) is 3.82. The highest BCUT2D eigenvalue weighted by molar-refractivity contribution is 5.85.